The second-order valence-corrected chi connectivity index (χ2v) is 5.36. The van der Waals surface area contributed by atoms with Crippen molar-refractivity contribution in [3.63, 3.8) is 0 Å². The summed E-state index contributed by atoms with van der Waals surface area (Å²) < 4.78 is 52.4. The number of nitrogens with zero attached hydrogens (tertiary/aromatic N) is 1. The number of alkyl halides is 3. The largest absolute Gasteiger partial charge is 0.396 e. The van der Waals surface area contributed by atoms with Crippen molar-refractivity contribution < 1.29 is 27.5 Å². The third kappa shape index (κ3) is 3.32. The molecule has 0 bridgehead atoms. The van der Waals surface area contributed by atoms with Crippen LogP contribution in [0.3, 0.4) is 0 Å². The molecule has 1 aliphatic heterocycles. The molecule has 2 amide bonds. The molecule has 1 aromatic carbocycles. The number of aliphatic hydroxyl groups excluding tert-OH is 1. The third-order valence-electron chi connectivity index (χ3n) is 3.82. The van der Waals surface area contributed by atoms with E-state index in [1.807, 2.05) is 0 Å². The van der Waals surface area contributed by atoms with Crippen LogP contribution in [0, 0.1) is 24.6 Å². The maximum Gasteiger partial charge on any atom is 0.393 e. The molecule has 2 atom stereocenters. The van der Waals surface area contributed by atoms with E-state index in [2.05, 4.69) is 5.32 Å². The molecule has 0 aromatic heterocycles. The van der Waals surface area contributed by atoms with Gasteiger partial charge in [0.25, 0.3) is 0 Å². The highest BCUT2D eigenvalue weighted by atomic mass is 19.4. The van der Waals surface area contributed by atoms with Gasteiger partial charge in [-0.2, -0.15) is 13.2 Å². The SMILES string of the molecule is Cc1cccc(NC(=O)N2C[C@H](CO)[C@@H](C(F)(F)F)C2)c1F. The van der Waals surface area contributed by atoms with Gasteiger partial charge in [-0.15, -0.1) is 0 Å². The van der Waals surface area contributed by atoms with Crippen molar-refractivity contribution in [1.29, 1.82) is 0 Å². The Bertz CT molecular complexity index is 562. The van der Waals surface area contributed by atoms with Crippen LogP contribution >= 0.6 is 0 Å². The smallest absolute Gasteiger partial charge is 0.393 e. The Kier molecular flexibility index (Phi) is 4.60. The van der Waals surface area contributed by atoms with E-state index in [1.165, 1.54) is 25.1 Å². The minimum atomic E-state index is -4.49. The quantitative estimate of drug-likeness (QED) is 0.823. The van der Waals surface area contributed by atoms with Crippen molar-refractivity contribution in [2.45, 2.75) is 13.1 Å². The average molecular weight is 320 g/mol. The lowest BCUT2D eigenvalue weighted by Crippen LogP contribution is -2.35. The van der Waals surface area contributed by atoms with E-state index in [-0.39, 0.29) is 12.2 Å². The topological polar surface area (TPSA) is 52.6 Å². The second kappa shape index (κ2) is 6.12. The minimum Gasteiger partial charge on any atom is -0.396 e. The Morgan fingerprint density at radius 3 is 2.64 bits per heavy atom. The number of urea groups is 1. The van der Waals surface area contributed by atoms with Crippen LogP contribution in [0.25, 0.3) is 0 Å². The van der Waals surface area contributed by atoms with Gasteiger partial charge in [-0.25, -0.2) is 9.18 Å². The summed E-state index contributed by atoms with van der Waals surface area (Å²) in [6.07, 6.45) is -4.49. The van der Waals surface area contributed by atoms with E-state index in [1.54, 1.807) is 0 Å². The first-order valence-electron chi connectivity index (χ1n) is 6.72. The van der Waals surface area contributed by atoms with Crippen molar-refractivity contribution in [1.82, 2.24) is 4.90 Å². The summed E-state index contributed by atoms with van der Waals surface area (Å²) in [6.45, 7) is 0.0863. The number of carbonyl (C=O) groups is 1. The van der Waals surface area contributed by atoms with Crippen LogP contribution in [-0.4, -0.2) is 41.9 Å². The summed E-state index contributed by atoms with van der Waals surface area (Å²) in [5.41, 5.74) is 0.238. The summed E-state index contributed by atoms with van der Waals surface area (Å²) in [5, 5.41) is 11.3. The van der Waals surface area contributed by atoms with Gasteiger partial charge >= 0.3 is 12.2 Å². The van der Waals surface area contributed by atoms with Crippen molar-refractivity contribution >= 4 is 11.7 Å². The van der Waals surface area contributed by atoms with Gasteiger partial charge in [0.15, 0.2) is 0 Å². The fourth-order valence-electron chi connectivity index (χ4n) is 2.53. The van der Waals surface area contributed by atoms with Crippen LogP contribution in [0.5, 0.6) is 0 Å². The Balaban J connectivity index is 2.09. The first kappa shape index (κ1) is 16.5. The van der Waals surface area contributed by atoms with E-state index in [9.17, 15) is 22.4 Å². The van der Waals surface area contributed by atoms with Gasteiger partial charge in [-0.3, -0.25) is 0 Å². The molecule has 0 unspecified atom stereocenters. The molecule has 0 aliphatic carbocycles. The average Bonchev–Trinajstić information content (AvgIpc) is 2.88. The normalized spacial score (nSPS) is 22.0. The lowest BCUT2D eigenvalue weighted by molar-refractivity contribution is -0.182. The van der Waals surface area contributed by atoms with E-state index in [0.717, 1.165) is 4.90 Å². The number of anilines is 1. The van der Waals surface area contributed by atoms with E-state index in [4.69, 9.17) is 5.11 Å². The number of carbonyl (C=O) groups excluding carboxylic acids is 1. The Morgan fingerprint density at radius 1 is 1.41 bits per heavy atom. The van der Waals surface area contributed by atoms with Gasteiger partial charge in [0, 0.05) is 25.6 Å². The molecule has 0 saturated carbocycles. The van der Waals surface area contributed by atoms with Gasteiger partial charge in [-0.1, -0.05) is 12.1 Å². The van der Waals surface area contributed by atoms with Gasteiger partial charge in [0.2, 0.25) is 0 Å². The summed E-state index contributed by atoms with van der Waals surface area (Å²) in [7, 11) is 0. The first-order valence-corrected chi connectivity index (χ1v) is 6.72. The first-order chi connectivity index (χ1) is 10.2. The molecular formula is C14H16F4N2O2. The van der Waals surface area contributed by atoms with Gasteiger partial charge < -0.3 is 15.3 Å². The van der Waals surface area contributed by atoms with Crippen LogP contribution < -0.4 is 5.32 Å². The molecule has 8 heteroatoms. The lowest BCUT2D eigenvalue weighted by atomic mass is 9.97. The molecule has 1 aliphatic rings. The van der Waals surface area contributed by atoms with E-state index >= 15 is 0 Å². The molecule has 2 rings (SSSR count). The number of hydrogen-bond donors (Lipinski definition) is 2. The molecule has 1 heterocycles. The maximum atomic E-state index is 13.8. The molecule has 1 aromatic rings. The number of halogens is 4. The fourth-order valence-corrected chi connectivity index (χ4v) is 2.53. The fraction of sp³-hybridized carbons (Fsp3) is 0.500. The second-order valence-electron chi connectivity index (χ2n) is 5.36. The molecular weight excluding hydrogens is 304 g/mol. The van der Waals surface area contributed by atoms with Gasteiger partial charge in [0.1, 0.15) is 5.82 Å². The monoisotopic (exact) mass is 320 g/mol. The molecule has 1 fully saturated rings. The zero-order valence-corrected chi connectivity index (χ0v) is 11.8. The Labute approximate surface area is 124 Å². The van der Waals surface area contributed by atoms with Crippen LogP contribution in [0.4, 0.5) is 28.0 Å². The third-order valence-corrected chi connectivity index (χ3v) is 3.82. The lowest BCUT2D eigenvalue weighted by Gasteiger charge is -2.19. The Morgan fingerprint density at radius 2 is 2.09 bits per heavy atom. The van der Waals surface area contributed by atoms with E-state index < -0.39 is 43.0 Å². The Hall–Kier alpha value is -1.83. The number of aliphatic hydroxyl groups is 1. The number of amides is 2. The van der Waals surface area contributed by atoms with Crippen LogP contribution in [0.2, 0.25) is 0 Å². The highest BCUT2D eigenvalue weighted by molar-refractivity contribution is 5.89. The number of benzene rings is 1. The van der Waals surface area contributed by atoms with Crippen molar-refractivity contribution in [3.8, 4) is 0 Å². The molecule has 22 heavy (non-hydrogen) atoms. The standard InChI is InChI=1S/C14H16F4N2O2/c1-8-3-2-4-11(12(8)15)19-13(22)20-5-9(7-21)10(6-20)14(16,17)18/h2-4,9-10,21H,5-7H2,1H3,(H,19,22)/t9-,10+/m1/s1. The molecule has 0 radical (unpaired) electrons. The van der Waals surface area contributed by atoms with Crippen LogP contribution in [-0.2, 0) is 0 Å². The number of aryl methyl sites for hydroxylation is 1. The summed E-state index contributed by atoms with van der Waals surface area (Å²) in [5.74, 6) is -3.46. The highest BCUT2D eigenvalue weighted by Crippen LogP contribution is 2.37. The van der Waals surface area contributed by atoms with E-state index in [0.29, 0.717) is 5.56 Å². The number of nitrogens with one attached hydrogen (secondary N) is 1. The van der Waals surface area contributed by atoms with Crippen LogP contribution in [0.15, 0.2) is 18.2 Å². The molecule has 1 saturated heterocycles. The highest BCUT2D eigenvalue weighted by Gasteiger charge is 2.50. The van der Waals surface area contributed by atoms with Crippen molar-refractivity contribution in [2.24, 2.45) is 11.8 Å². The number of hydrogen-bond acceptors (Lipinski definition) is 2. The predicted octanol–water partition coefficient (Wildman–Crippen LogP) is 2.77. The molecule has 0 spiro atoms. The predicted molar refractivity (Wildman–Crippen MR) is 71.8 cm³/mol. The molecule has 122 valence electrons. The van der Waals surface area contributed by atoms with Gasteiger partial charge in [-0.05, 0) is 18.6 Å². The molecule has 4 nitrogen and oxygen atoms in total. The zero-order valence-electron chi connectivity index (χ0n) is 11.8. The summed E-state index contributed by atoms with van der Waals surface area (Å²) in [6, 6.07) is 3.57. The zero-order chi connectivity index (χ0) is 16.5. The van der Waals surface area contributed by atoms with Crippen molar-refractivity contribution in [2.75, 3.05) is 25.0 Å². The summed E-state index contributed by atoms with van der Waals surface area (Å²) >= 11 is 0. The summed E-state index contributed by atoms with van der Waals surface area (Å²) in [4.78, 5) is 13.0. The van der Waals surface area contributed by atoms with Crippen molar-refractivity contribution in [3.05, 3.63) is 29.6 Å². The minimum absolute atomic E-state index is 0.0824. The van der Waals surface area contributed by atoms with Gasteiger partial charge in [0.05, 0.1) is 11.6 Å². The number of likely N-dealkylation sites (tertiary alicyclic amines) is 1. The molecule has 2 N–H and O–H groups in total. The number of rotatable bonds is 2. The van der Waals surface area contributed by atoms with Crippen LogP contribution in [0.1, 0.15) is 5.56 Å². The maximum absolute atomic E-state index is 13.8.